The summed E-state index contributed by atoms with van der Waals surface area (Å²) >= 11 is 4.41. The molecule has 3 fully saturated rings. The predicted molar refractivity (Wildman–Crippen MR) is 301 cm³/mol. The molecule has 0 radical (unpaired) electrons. The minimum absolute atomic E-state index is 0.0101. The van der Waals surface area contributed by atoms with Crippen molar-refractivity contribution in [1.29, 1.82) is 10.5 Å². The first-order valence-corrected chi connectivity index (χ1v) is 28.4. The summed E-state index contributed by atoms with van der Waals surface area (Å²) in [6.07, 6.45) is -7.04. The molecule has 5 aliphatic rings. The third kappa shape index (κ3) is 13.7. The van der Waals surface area contributed by atoms with E-state index >= 15 is 0 Å². The number of hydrogen-bond donors (Lipinski definition) is 1. The van der Waals surface area contributed by atoms with E-state index in [9.17, 15) is 58.4 Å². The number of halogens is 10. The summed E-state index contributed by atoms with van der Waals surface area (Å²) in [5.74, 6) is -5.51. The Balaban J connectivity index is 0.000000169. The summed E-state index contributed by atoms with van der Waals surface area (Å²) in [5.41, 5.74) is 0.404. The van der Waals surface area contributed by atoms with Crippen molar-refractivity contribution in [2.24, 2.45) is 16.1 Å². The molecule has 1 N–H and O–H groups in total. The van der Waals surface area contributed by atoms with Crippen LogP contribution < -0.4 is 20.2 Å². The molecule has 17 nitrogen and oxygen atoms in total. The fraction of sp³-hybridized carbons (Fsp3) is 0.296. The van der Waals surface area contributed by atoms with Gasteiger partial charge in [0.25, 0.3) is 11.8 Å². The van der Waals surface area contributed by atoms with Gasteiger partial charge in [-0.25, -0.2) is 13.8 Å². The van der Waals surface area contributed by atoms with Gasteiger partial charge in [0.15, 0.2) is 0 Å². The Morgan fingerprint density at radius 1 is 0.720 bits per heavy atom. The molecule has 0 unspecified atom stereocenters. The molecule has 0 aromatic heterocycles. The summed E-state index contributed by atoms with van der Waals surface area (Å²) in [6.45, 7) is 4.71. The highest BCUT2D eigenvalue weighted by Gasteiger charge is 2.68. The molecular formula is C54H46F8I2N10O7S. The maximum absolute atomic E-state index is 14.4. The third-order valence-electron chi connectivity index (χ3n) is 13.3. The monoisotopic (exact) mass is 1380 g/mol. The molecule has 430 valence electrons. The molecule has 0 bridgehead atoms. The zero-order chi connectivity index (χ0) is 59.0. The number of piperidine rings is 1. The quantitative estimate of drug-likeness (QED) is 0.0366. The molecule has 5 aromatic rings. The van der Waals surface area contributed by atoms with Crippen molar-refractivity contribution in [3.8, 4) is 12.1 Å². The molecule has 5 aliphatic heterocycles. The summed E-state index contributed by atoms with van der Waals surface area (Å²) in [4.78, 5) is 33.8. The number of alkyl halides is 6. The second kappa shape index (κ2) is 26.1. The van der Waals surface area contributed by atoms with Crippen LogP contribution in [0.2, 0.25) is 0 Å². The van der Waals surface area contributed by atoms with E-state index in [0.717, 1.165) is 88.5 Å². The SMILES string of the molecule is N#Cc1cc(N/N=C(\OS(=O)(=O)c2ccccc2)C(F)(F)F)ccc1F.N#Cc1cc(N2N=C(C(F)(F)F)[C@@H]3CCN(c4ccc(I)cc4)C(=O)[C@@]32N2CCOCC2)ccc1F.O=C1C(N2CCOCC2)=CCCN1c1ccc(I)cc1. The molecule has 28 heteroatoms. The lowest BCUT2D eigenvalue weighted by Gasteiger charge is -2.53. The van der Waals surface area contributed by atoms with Crippen molar-refractivity contribution in [3.63, 3.8) is 0 Å². The van der Waals surface area contributed by atoms with Crippen LogP contribution in [-0.4, -0.2) is 125 Å². The Hall–Kier alpha value is -6.97. The molecule has 5 aromatic carbocycles. The Labute approximate surface area is 492 Å². The van der Waals surface area contributed by atoms with Gasteiger partial charge in [0, 0.05) is 57.8 Å². The first-order valence-electron chi connectivity index (χ1n) is 24.8. The predicted octanol–water partition coefficient (Wildman–Crippen LogP) is 9.76. The number of anilines is 4. The van der Waals surface area contributed by atoms with E-state index in [2.05, 4.69) is 70.5 Å². The minimum atomic E-state index is -5.23. The van der Waals surface area contributed by atoms with Crippen molar-refractivity contribution in [2.45, 2.75) is 35.8 Å². The van der Waals surface area contributed by atoms with E-state index < -0.39 is 73.7 Å². The lowest BCUT2D eigenvalue weighted by molar-refractivity contribution is -0.140. The lowest BCUT2D eigenvalue weighted by Crippen LogP contribution is -2.74. The fourth-order valence-electron chi connectivity index (χ4n) is 9.49. The van der Waals surface area contributed by atoms with Crippen molar-refractivity contribution in [1.82, 2.24) is 9.80 Å². The van der Waals surface area contributed by atoms with Crippen LogP contribution in [0.25, 0.3) is 0 Å². The summed E-state index contributed by atoms with van der Waals surface area (Å²) < 4.78 is 150. The molecular weight excluding hydrogens is 1340 g/mol. The fourth-order valence-corrected chi connectivity index (χ4v) is 11.1. The molecule has 3 saturated heterocycles. The van der Waals surface area contributed by atoms with Gasteiger partial charge in [0.1, 0.15) is 34.4 Å². The van der Waals surface area contributed by atoms with Gasteiger partial charge in [-0.05, 0) is 155 Å². The first-order chi connectivity index (χ1) is 39.1. The van der Waals surface area contributed by atoms with E-state index in [-0.39, 0.29) is 62.1 Å². The number of nitrogens with one attached hydrogen (secondary N) is 1. The average Bonchev–Trinajstić information content (AvgIpc) is 3.62. The van der Waals surface area contributed by atoms with Crippen LogP contribution in [0, 0.1) is 47.4 Å². The number of amides is 2. The maximum Gasteiger partial charge on any atom is 0.471 e. The van der Waals surface area contributed by atoms with Gasteiger partial charge < -0.3 is 28.4 Å². The number of hydrogen-bond acceptors (Lipinski definition) is 15. The van der Waals surface area contributed by atoms with E-state index in [0.29, 0.717) is 18.9 Å². The molecule has 0 aliphatic carbocycles. The maximum atomic E-state index is 14.4. The van der Waals surface area contributed by atoms with Crippen LogP contribution in [0.1, 0.15) is 24.0 Å². The standard InChI is InChI=1S/C24H20F4IN5O2.C15H9F4N3O3S.C15H17IN2O2/c25-20-6-5-18(13-15(20)14-30)34-23(32-9-11-36-12-10-32)19(21(31-34)24(26,27)28)7-8-33(22(23)35)17-3-1-16(29)2-4-17;16-13-7-6-11(8-10(13)9-20)21-22-14(15(17,18)19)25-26(23,24)12-4-2-1-3-5-12;16-12-3-5-13(6-4-12)18-7-1-2-14(15(18)19)17-8-10-20-11-9-17/h1-6,13,19H,7-12H2;1-8,21H;2-6H,1,7-11H2/b;22-14-;/t19-,23+;;/m0../s1. The smallest absolute Gasteiger partial charge is 0.379 e. The number of nitriles is 2. The van der Waals surface area contributed by atoms with Gasteiger partial charge in [0.2, 0.25) is 5.66 Å². The van der Waals surface area contributed by atoms with Crippen LogP contribution in [0.15, 0.2) is 142 Å². The molecule has 0 spiro atoms. The van der Waals surface area contributed by atoms with Crippen LogP contribution in [-0.2, 0) is 33.4 Å². The number of rotatable bonds is 9. The zero-order valence-electron chi connectivity index (χ0n) is 42.7. The highest BCUT2D eigenvalue weighted by Crippen LogP contribution is 2.49. The Morgan fingerprint density at radius 2 is 1.27 bits per heavy atom. The Morgan fingerprint density at radius 3 is 1.84 bits per heavy atom. The zero-order valence-corrected chi connectivity index (χ0v) is 47.8. The second-order valence-electron chi connectivity index (χ2n) is 18.3. The Bertz CT molecular complexity index is 3450. The van der Waals surface area contributed by atoms with Gasteiger partial charge in [-0.3, -0.25) is 19.9 Å². The number of hydrazone groups is 2. The topological polar surface area (TPSA) is 196 Å². The second-order valence-corrected chi connectivity index (χ2v) is 22.3. The van der Waals surface area contributed by atoms with Gasteiger partial charge in [-0.2, -0.15) is 50.4 Å². The normalized spacial score (nSPS) is 19.8. The van der Waals surface area contributed by atoms with Gasteiger partial charge in [-0.15, -0.1) is 5.10 Å². The van der Waals surface area contributed by atoms with Gasteiger partial charge >= 0.3 is 28.4 Å². The summed E-state index contributed by atoms with van der Waals surface area (Å²) in [7, 11) is -4.77. The molecule has 2 amide bonds. The van der Waals surface area contributed by atoms with Crippen molar-refractivity contribution in [2.75, 3.05) is 85.9 Å². The summed E-state index contributed by atoms with van der Waals surface area (Å²) in [5, 5.41) is 26.0. The van der Waals surface area contributed by atoms with Crippen LogP contribution >= 0.6 is 45.2 Å². The number of morpholine rings is 2. The van der Waals surface area contributed by atoms with E-state index in [1.54, 1.807) is 23.1 Å². The number of benzene rings is 5. The van der Waals surface area contributed by atoms with E-state index in [1.165, 1.54) is 38.8 Å². The summed E-state index contributed by atoms with van der Waals surface area (Å²) in [6, 6.07) is 30.8. The third-order valence-corrected chi connectivity index (χ3v) is 15.9. The number of fused-ring (bicyclic) bond motifs is 1. The Kier molecular flexibility index (Phi) is 19.4. The van der Waals surface area contributed by atoms with Crippen molar-refractivity contribution >= 4 is 101 Å². The minimum Gasteiger partial charge on any atom is -0.379 e. The van der Waals surface area contributed by atoms with Crippen LogP contribution in [0.5, 0.6) is 0 Å². The van der Waals surface area contributed by atoms with E-state index in [4.69, 9.17) is 14.7 Å². The number of nitrogens with zero attached hydrogens (tertiary/aromatic N) is 9. The first kappa shape index (κ1) is 61.1. The number of ether oxygens (including phenoxy) is 2. The van der Waals surface area contributed by atoms with E-state index in [1.807, 2.05) is 46.7 Å². The molecule has 10 rings (SSSR count). The lowest BCUT2D eigenvalue weighted by atomic mass is 9.79. The average molecular weight is 1380 g/mol. The number of carbonyl (C=O) groups is 2. The largest absolute Gasteiger partial charge is 0.471 e. The van der Waals surface area contributed by atoms with Gasteiger partial charge in [0.05, 0.1) is 60.5 Å². The number of carbonyl (C=O) groups excluding carboxylic acids is 2. The molecule has 5 heterocycles. The molecule has 0 saturated carbocycles. The molecule has 2 atom stereocenters. The van der Waals surface area contributed by atoms with Crippen molar-refractivity contribution < 1.29 is 66.8 Å². The van der Waals surface area contributed by atoms with Crippen molar-refractivity contribution in [3.05, 3.63) is 157 Å². The highest BCUT2D eigenvalue weighted by atomic mass is 127. The molecule has 82 heavy (non-hydrogen) atoms. The van der Waals surface area contributed by atoms with Crippen LogP contribution in [0.3, 0.4) is 0 Å². The van der Waals surface area contributed by atoms with Crippen LogP contribution in [0.4, 0.5) is 57.9 Å². The highest BCUT2D eigenvalue weighted by molar-refractivity contribution is 14.1. The van der Waals surface area contributed by atoms with Gasteiger partial charge in [-0.1, -0.05) is 24.3 Å².